The largest absolute Gasteiger partial charge is 0.0991 e. The van der Waals surface area contributed by atoms with Crippen molar-refractivity contribution in [2.75, 3.05) is 6.54 Å². The molecule has 0 amide bonds. The fourth-order valence-electron chi connectivity index (χ4n) is 0.517. The van der Waals surface area contributed by atoms with Gasteiger partial charge >= 0.3 is 0 Å². The highest BCUT2D eigenvalue weighted by Crippen LogP contribution is 1.91. The number of hydrogen-bond acceptors (Lipinski definition) is 1. The first-order valence-corrected chi connectivity index (χ1v) is 3.20. The lowest BCUT2D eigenvalue weighted by molar-refractivity contribution is 0.848. The summed E-state index contributed by atoms with van der Waals surface area (Å²) in [6, 6.07) is 0. The second-order valence-electron chi connectivity index (χ2n) is 1.76. The summed E-state index contributed by atoms with van der Waals surface area (Å²) in [6.45, 7) is 4.11. The van der Waals surface area contributed by atoms with Gasteiger partial charge in [0.05, 0.1) is 0 Å². The van der Waals surface area contributed by atoms with E-state index >= 15 is 0 Å². The third-order valence-corrected chi connectivity index (χ3v) is 0.964. The lowest BCUT2D eigenvalue weighted by Gasteiger charge is -1.85. The predicted octanol–water partition coefficient (Wildman–Crippen LogP) is 2.82. The molecule has 0 aromatic rings. The molecule has 0 rings (SSSR count). The second-order valence-corrected chi connectivity index (χ2v) is 1.76. The summed E-state index contributed by atoms with van der Waals surface area (Å²) in [6.07, 6.45) is 7.48. The van der Waals surface area contributed by atoms with Gasteiger partial charge in [-0.3, -0.25) is 0 Å². The van der Waals surface area contributed by atoms with Gasteiger partial charge in [0.1, 0.15) is 0 Å². The molecule has 0 N–H and O–H groups in total. The molecule has 0 aliphatic carbocycles. The van der Waals surface area contributed by atoms with Crippen LogP contribution in [-0.4, -0.2) is 6.54 Å². The van der Waals surface area contributed by atoms with Crippen LogP contribution in [0.3, 0.4) is 0 Å². The number of rotatable bonds is 5. The Morgan fingerprint density at radius 3 is 3.00 bits per heavy atom. The maximum Gasteiger partial charge on any atom is 0.0260 e. The van der Waals surface area contributed by atoms with Crippen molar-refractivity contribution < 1.29 is 0 Å². The Kier molecular flexibility index (Phi) is 6.85. The number of azide groups is 1. The maximum atomic E-state index is 7.89. The summed E-state index contributed by atoms with van der Waals surface area (Å²) in [7, 11) is 0. The lowest BCUT2D eigenvalue weighted by Crippen LogP contribution is -1.74. The number of hydrogen-bond donors (Lipinski definition) is 0. The first-order chi connectivity index (χ1) is 4.91. The van der Waals surface area contributed by atoms with E-state index in [9.17, 15) is 0 Å². The highest BCUT2D eigenvalue weighted by atomic mass is 15.1. The quantitative estimate of drug-likeness (QED) is 0.184. The van der Waals surface area contributed by atoms with Gasteiger partial charge in [0.2, 0.25) is 0 Å². The molecule has 54 valence electrons. The van der Waals surface area contributed by atoms with Crippen molar-refractivity contribution in [1.82, 2.24) is 0 Å². The molecule has 0 aliphatic rings. The van der Waals surface area contributed by atoms with Gasteiger partial charge in [0.25, 0.3) is 0 Å². The van der Waals surface area contributed by atoms with Gasteiger partial charge in [0.15, 0.2) is 0 Å². The normalized spacial score (nSPS) is 9.20. The standard InChI is InChI=1S/C7H11N3/c1-2-3-4-5-6-7-9-10-8/h2-4H,1,5-7H2/b4-3-. The Bertz CT molecular complexity index is 154. The number of nitrogens with zero attached hydrogens (tertiary/aromatic N) is 3. The van der Waals surface area contributed by atoms with E-state index in [-0.39, 0.29) is 0 Å². The summed E-state index contributed by atoms with van der Waals surface area (Å²) in [5.41, 5.74) is 7.89. The molecule has 0 fully saturated rings. The van der Waals surface area contributed by atoms with Crippen molar-refractivity contribution in [3.63, 3.8) is 0 Å². The molecule has 0 atom stereocenters. The van der Waals surface area contributed by atoms with Crippen LogP contribution in [-0.2, 0) is 0 Å². The minimum atomic E-state index is 0.581. The molecule has 0 bridgehead atoms. The number of allylic oxidation sites excluding steroid dienone is 3. The molecular weight excluding hydrogens is 126 g/mol. The van der Waals surface area contributed by atoms with E-state index in [1.54, 1.807) is 6.08 Å². The first kappa shape index (κ1) is 8.79. The summed E-state index contributed by atoms with van der Waals surface area (Å²) in [5.74, 6) is 0. The maximum absolute atomic E-state index is 7.89. The molecular formula is C7H11N3. The average Bonchev–Trinajstić information content (AvgIpc) is 1.97. The van der Waals surface area contributed by atoms with Crippen molar-refractivity contribution in [1.29, 1.82) is 0 Å². The zero-order chi connectivity index (χ0) is 7.66. The second kappa shape index (κ2) is 7.79. The van der Waals surface area contributed by atoms with E-state index in [0.29, 0.717) is 6.54 Å². The fourth-order valence-corrected chi connectivity index (χ4v) is 0.517. The Morgan fingerprint density at radius 2 is 2.40 bits per heavy atom. The third kappa shape index (κ3) is 6.79. The van der Waals surface area contributed by atoms with Crippen molar-refractivity contribution >= 4 is 0 Å². The van der Waals surface area contributed by atoms with Gasteiger partial charge in [-0.2, -0.15) is 0 Å². The molecule has 0 aromatic heterocycles. The summed E-state index contributed by atoms with van der Waals surface area (Å²) < 4.78 is 0. The Morgan fingerprint density at radius 1 is 1.60 bits per heavy atom. The van der Waals surface area contributed by atoms with E-state index in [0.717, 1.165) is 12.8 Å². The van der Waals surface area contributed by atoms with E-state index in [1.165, 1.54) is 0 Å². The third-order valence-electron chi connectivity index (χ3n) is 0.964. The molecule has 0 unspecified atom stereocenters. The van der Waals surface area contributed by atoms with Gasteiger partial charge in [-0.05, 0) is 18.4 Å². The minimum Gasteiger partial charge on any atom is -0.0991 e. The average molecular weight is 137 g/mol. The van der Waals surface area contributed by atoms with Crippen LogP contribution in [0.25, 0.3) is 10.4 Å². The molecule has 3 heteroatoms. The van der Waals surface area contributed by atoms with Crippen LogP contribution in [0.15, 0.2) is 29.9 Å². The van der Waals surface area contributed by atoms with Crippen LogP contribution in [0.2, 0.25) is 0 Å². The molecule has 0 saturated carbocycles. The molecule has 0 radical (unpaired) electrons. The smallest absolute Gasteiger partial charge is 0.0260 e. The summed E-state index contributed by atoms with van der Waals surface area (Å²) in [4.78, 5) is 2.63. The van der Waals surface area contributed by atoms with Crippen molar-refractivity contribution in [3.05, 3.63) is 35.2 Å². The Labute approximate surface area is 60.7 Å². The van der Waals surface area contributed by atoms with Crippen molar-refractivity contribution in [2.24, 2.45) is 5.11 Å². The van der Waals surface area contributed by atoms with Gasteiger partial charge in [-0.1, -0.05) is 29.9 Å². The first-order valence-electron chi connectivity index (χ1n) is 3.20. The lowest BCUT2D eigenvalue weighted by atomic mass is 10.3. The fraction of sp³-hybridized carbons (Fsp3) is 0.429. The van der Waals surface area contributed by atoms with Crippen LogP contribution in [0.5, 0.6) is 0 Å². The minimum absolute atomic E-state index is 0.581. The van der Waals surface area contributed by atoms with E-state index in [2.05, 4.69) is 16.6 Å². The van der Waals surface area contributed by atoms with E-state index in [4.69, 9.17) is 5.53 Å². The molecule has 0 aliphatic heterocycles. The Balaban J connectivity index is 3.12. The van der Waals surface area contributed by atoms with Gasteiger partial charge in [-0.15, -0.1) is 0 Å². The zero-order valence-corrected chi connectivity index (χ0v) is 5.90. The van der Waals surface area contributed by atoms with Crippen molar-refractivity contribution in [2.45, 2.75) is 12.8 Å². The topological polar surface area (TPSA) is 48.8 Å². The predicted molar refractivity (Wildman–Crippen MR) is 42.6 cm³/mol. The Hall–Kier alpha value is -1.21. The van der Waals surface area contributed by atoms with Crippen LogP contribution in [0.1, 0.15) is 12.8 Å². The van der Waals surface area contributed by atoms with Crippen molar-refractivity contribution in [3.8, 4) is 0 Å². The molecule has 0 heterocycles. The molecule has 0 spiro atoms. The molecule has 0 aromatic carbocycles. The highest BCUT2D eigenvalue weighted by molar-refractivity contribution is 4.96. The van der Waals surface area contributed by atoms with E-state index < -0.39 is 0 Å². The summed E-state index contributed by atoms with van der Waals surface area (Å²) in [5, 5.41) is 3.39. The van der Waals surface area contributed by atoms with Crippen LogP contribution in [0.4, 0.5) is 0 Å². The highest BCUT2D eigenvalue weighted by Gasteiger charge is 1.78. The number of unbranched alkanes of at least 4 members (excludes halogenated alkanes) is 1. The van der Waals surface area contributed by atoms with Crippen LogP contribution >= 0.6 is 0 Å². The van der Waals surface area contributed by atoms with Crippen LogP contribution < -0.4 is 0 Å². The molecule has 3 nitrogen and oxygen atoms in total. The molecule has 10 heavy (non-hydrogen) atoms. The van der Waals surface area contributed by atoms with E-state index in [1.807, 2.05) is 12.2 Å². The molecule has 0 saturated heterocycles. The van der Waals surface area contributed by atoms with Gasteiger partial charge < -0.3 is 0 Å². The zero-order valence-electron chi connectivity index (χ0n) is 5.90. The van der Waals surface area contributed by atoms with Gasteiger partial charge in [-0.25, -0.2) is 0 Å². The summed E-state index contributed by atoms with van der Waals surface area (Å²) >= 11 is 0. The SMILES string of the molecule is C=C/C=C\CCCN=[N+]=[N-]. The van der Waals surface area contributed by atoms with Crippen LogP contribution in [0, 0.1) is 0 Å². The monoisotopic (exact) mass is 137 g/mol. The van der Waals surface area contributed by atoms with Gasteiger partial charge in [0, 0.05) is 11.5 Å².